The van der Waals surface area contributed by atoms with Crippen LogP contribution < -0.4 is 21.1 Å². The third-order valence-electron chi connectivity index (χ3n) is 3.86. The number of benzene rings is 2. The first-order chi connectivity index (χ1) is 11.7. The molecule has 0 atom stereocenters. The van der Waals surface area contributed by atoms with Crippen molar-refractivity contribution in [3.63, 3.8) is 0 Å². The molecule has 0 unspecified atom stereocenters. The summed E-state index contributed by atoms with van der Waals surface area (Å²) in [4.78, 5) is 12.0. The minimum Gasteiger partial charge on any atom is -0.473 e. The summed E-state index contributed by atoms with van der Waals surface area (Å²) in [5.74, 6) is 0.772. The lowest BCUT2D eigenvalue weighted by Crippen LogP contribution is -2.32. The maximum atomic E-state index is 12.0. The lowest BCUT2D eigenvalue weighted by Gasteiger charge is -2.23. The Bertz CT molecular complexity index is 764. The maximum Gasteiger partial charge on any atom is 0.321 e. The van der Waals surface area contributed by atoms with Gasteiger partial charge in [0.2, 0.25) is 0 Å². The van der Waals surface area contributed by atoms with E-state index in [9.17, 15) is 4.79 Å². The minimum atomic E-state index is -0.360. The summed E-state index contributed by atoms with van der Waals surface area (Å²) in [7, 11) is 0. The van der Waals surface area contributed by atoms with Gasteiger partial charge in [-0.05, 0) is 48.6 Å². The van der Waals surface area contributed by atoms with E-state index in [1.165, 1.54) is 5.56 Å². The first kappa shape index (κ1) is 18.6. The van der Waals surface area contributed by atoms with E-state index in [4.69, 9.17) is 10.5 Å². The Balaban J connectivity index is 1.97. The van der Waals surface area contributed by atoms with E-state index in [1.54, 1.807) is 6.07 Å². The average molecular weight is 341 g/mol. The van der Waals surface area contributed by atoms with Gasteiger partial charge in [-0.1, -0.05) is 44.5 Å². The molecule has 2 aromatic rings. The van der Waals surface area contributed by atoms with Crippen molar-refractivity contribution in [3.8, 4) is 5.75 Å². The van der Waals surface area contributed by atoms with Gasteiger partial charge in [0.1, 0.15) is 5.75 Å². The summed E-state index contributed by atoms with van der Waals surface area (Å²) in [6.07, 6.45) is 0. The normalized spacial score (nSPS) is 11.1. The number of hydrogen-bond donors (Lipinski definition) is 3. The predicted octanol–water partition coefficient (Wildman–Crippen LogP) is 4.34. The quantitative estimate of drug-likeness (QED) is 0.572. The molecule has 4 N–H and O–H groups in total. The summed E-state index contributed by atoms with van der Waals surface area (Å²) >= 11 is 0. The van der Waals surface area contributed by atoms with Crippen LogP contribution in [0.3, 0.4) is 0 Å². The lowest BCUT2D eigenvalue weighted by atomic mass is 9.85. The largest absolute Gasteiger partial charge is 0.473 e. The summed E-state index contributed by atoms with van der Waals surface area (Å²) in [5, 5.41) is 5.43. The third-order valence-corrected chi connectivity index (χ3v) is 3.86. The van der Waals surface area contributed by atoms with Crippen molar-refractivity contribution in [1.82, 2.24) is 5.32 Å². The van der Waals surface area contributed by atoms with Crippen LogP contribution in [0.15, 0.2) is 36.4 Å². The van der Waals surface area contributed by atoms with E-state index in [-0.39, 0.29) is 18.2 Å². The monoisotopic (exact) mass is 341 g/mol. The number of carbonyl (C=O) groups excluding carboxylic acids is 1. The van der Waals surface area contributed by atoms with Crippen LogP contribution in [0.4, 0.5) is 16.2 Å². The van der Waals surface area contributed by atoms with Gasteiger partial charge >= 0.3 is 6.03 Å². The van der Waals surface area contributed by atoms with Crippen LogP contribution in [0.25, 0.3) is 0 Å². The molecule has 0 radical (unpaired) electrons. The van der Waals surface area contributed by atoms with Gasteiger partial charge in [0, 0.05) is 0 Å². The van der Waals surface area contributed by atoms with Crippen molar-refractivity contribution >= 4 is 17.4 Å². The third kappa shape index (κ3) is 5.14. The molecule has 2 amide bonds. The number of nitrogens with two attached hydrogens (primary N) is 1. The Kier molecular flexibility index (Phi) is 5.57. The highest BCUT2D eigenvalue weighted by atomic mass is 16.5. The summed E-state index contributed by atoms with van der Waals surface area (Å²) in [5.41, 5.74) is 10.2. The molecule has 0 saturated carbocycles. The Morgan fingerprint density at radius 1 is 1.08 bits per heavy atom. The van der Waals surface area contributed by atoms with Crippen LogP contribution in [-0.2, 0) is 5.41 Å². The van der Waals surface area contributed by atoms with Crippen molar-refractivity contribution in [3.05, 3.63) is 53.1 Å². The number of anilines is 2. The second kappa shape index (κ2) is 7.47. The number of nitrogen functional groups attached to an aromatic ring is 1. The number of nitrogens with one attached hydrogen (secondary N) is 2. The van der Waals surface area contributed by atoms with Gasteiger partial charge in [0.15, 0.2) is 6.73 Å². The second-order valence-electron chi connectivity index (χ2n) is 7.26. The molecule has 0 bridgehead atoms. The van der Waals surface area contributed by atoms with Crippen LogP contribution in [0.1, 0.15) is 37.5 Å². The number of amides is 2. The fourth-order valence-corrected chi connectivity index (χ4v) is 2.48. The predicted molar refractivity (Wildman–Crippen MR) is 103 cm³/mol. The molecule has 0 spiro atoms. The Labute approximate surface area is 149 Å². The number of carbonyl (C=O) groups is 1. The summed E-state index contributed by atoms with van der Waals surface area (Å²) < 4.78 is 5.78. The van der Waals surface area contributed by atoms with E-state index in [2.05, 4.69) is 44.4 Å². The van der Waals surface area contributed by atoms with Crippen LogP contribution in [0.2, 0.25) is 0 Å². The standard InChI is InChI=1S/C20H27N3O2/c1-13-7-9-18(15(10-13)20(3,4)5)25-12-22-19(24)23-17-11-14(2)6-8-16(17)21/h6-11H,12,21H2,1-5H3,(H2,22,23,24). The van der Waals surface area contributed by atoms with E-state index in [0.29, 0.717) is 11.4 Å². The topological polar surface area (TPSA) is 76.4 Å². The van der Waals surface area contributed by atoms with Crippen LogP contribution in [-0.4, -0.2) is 12.8 Å². The molecule has 0 heterocycles. The molecule has 0 aliphatic heterocycles. The Hall–Kier alpha value is -2.69. The van der Waals surface area contributed by atoms with E-state index >= 15 is 0 Å². The molecule has 2 rings (SSSR count). The molecule has 5 heteroatoms. The number of rotatable bonds is 4. The molecular formula is C20H27N3O2. The molecule has 0 fully saturated rings. The molecule has 2 aromatic carbocycles. The number of ether oxygens (including phenoxy) is 1. The van der Waals surface area contributed by atoms with Crippen LogP contribution in [0, 0.1) is 13.8 Å². The smallest absolute Gasteiger partial charge is 0.321 e. The van der Waals surface area contributed by atoms with Gasteiger partial charge in [0.25, 0.3) is 0 Å². The molecular weight excluding hydrogens is 314 g/mol. The first-order valence-electron chi connectivity index (χ1n) is 8.32. The highest BCUT2D eigenvalue weighted by Crippen LogP contribution is 2.32. The van der Waals surface area contributed by atoms with E-state index in [0.717, 1.165) is 16.9 Å². The molecule has 134 valence electrons. The zero-order valence-corrected chi connectivity index (χ0v) is 15.6. The van der Waals surface area contributed by atoms with Crippen molar-refractivity contribution in [2.75, 3.05) is 17.8 Å². The number of urea groups is 1. The maximum absolute atomic E-state index is 12.0. The zero-order valence-electron chi connectivity index (χ0n) is 15.6. The average Bonchev–Trinajstić information content (AvgIpc) is 2.51. The SMILES string of the molecule is Cc1ccc(N)c(NC(=O)NCOc2ccc(C)cc2C(C)(C)C)c1. The number of aryl methyl sites for hydroxylation is 2. The first-order valence-corrected chi connectivity index (χ1v) is 8.32. The van der Waals surface area contributed by atoms with E-state index in [1.807, 2.05) is 31.2 Å². The highest BCUT2D eigenvalue weighted by Gasteiger charge is 2.19. The van der Waals surface area contributed by atoms with Gasteiger partial charge in [0.05, 0.1) is 11.4 Å². The van der Waals surface area contributed by atoms with Gasteiger partial charge < -0.3 is 21.1 Å². The molecule has 0 aliphatic rings. The molecule has 0 saturated heterocycles. The van der Waals surface area contributed by atoms with Crippen molar-refractivity contribution < 1.29 is 9.53 Å². The zero-order chi connectivity index (χ0) is 18.6. The fourth-order valence-electron chi connectivity index (χ4n) is 2.48. The number of hydrogen-bond acceptors (Lipinski definition) is 3. The lowest BCUT2D eigenvalue weighted by molar-refractivity contribution is 0.233. The fraction of sp³-hybridized carbons (Fsp3) is 0.350. The Morgan fingerprint density at radius 2 is 1.72 bits per heavy atom. The van der Waals surface area contributed by atoms with Gasteiger partial charge in [-0.3, -0.25) is 0 Å². The van der Waals surface area contributed by atoms with E-state index < -0.39 is 0 Å². The van der Waals surface area contributed by atoms with Crippen molar-refractivity contribution in [1.29, 1.82) is 0 Å². The van der Waals surface area contributed by atoms with Crippen LogP contribution >= 0.6 is 0 Å². The molecule has 5 nitrogen and oxygen atoms in total. The van der Waals surface area contributed by atoms with Crippen LogP contribution in [0.5, 0.6) is 5.75 Å². The molecule has 0 aromatic heterocycles. The molecule has 0 aliphatic carbocycles. The minimum absolute atomic E-state index is 0.0420. The second-order valence-corrected chi connectivity index (χ2v) is 7.26. The van der Waals surface area contributed by atoms with Gasteiger partial charge in [-0.25, -0.2) is 4.79 Å². The summed E-state index contributed by atoms with van der Waals surface area (Å²) in [6.45, 7) is 10.5. The Morgan fingerprint density at radius 3 is 2.40 bits per heavy atom. The van der Waals surface area contributed by atoms with Gasteiger partial charge in [-0.2, -0.15) is 0 Å². The van der Waals surface area contributed by atoms with Crippen molar-refractivity contribution in [2.45, 2.75) is 40.0 Å². The highest BCUT2D eigenvalue weighted by molar-refractivity contribution is 5.92. The molecule has 25 heavy (non-hydrogen) atoms. The van der Waals surface area contributed by atoms with Gasteiger partial charge in [-0.15, -0.1) is 0 Å². The van der Waals surface area contributed by atoms with Crippen molar-refractivity contribution in [2.24, 2.45) is 0 Å². The summed E-state index contributed by atoms with van der Waals surface area (Å²) in [6, 6.07) is 11.2.